The first kappa shape index (κ1) is 29.3. The van der Waals surface area contributed by atoms with Crippen molar-refractivity contribution in [2.45, 2.75) is 51.1 Å². The number of carbonyl (C=O) groups excluding carboxylic acids is 2. The number of imide groups is 1. The van der Waals surface area contributed by atoms with E-state index < -0.39 is 46.5 Å². The highest BCUT2D eigenvalue weighted by molar-refractivity contribution is 6.23. The fraction of sp³-hybridized carbons (Fsp3) is 0.333. The molecule has 3 amide bonds. The third kappa shape index (κ3) is 5.89. The first-order chi connectivity index (χ1) is 19.8. The van der Waals surface area contributed by atoms with E-state index in [4.69, 9.17) is 9.47 Å². The van der Waals surface area contributed by atoms with Gasteiger partial charge in [0.25, 0.3) is 5.91 Å². The van der Waals surface area contributed by atoms with Crippen molar-refractivity contribution in [3.05, 3.63) is 83.4 Å². The van der Waals surface area contributed by atoms with Gasteiger partial charge in [-0.05, 0) is 74.0 Å². The quantitative estimate of drug-likeness (QED) is 0.237. The summed E-state index contributed by atoms with van der Waals surface area (Å²) in [5.41, 5.74) is -2.09. The number of rotatable bonds is 7. The molecule has 3 aromatic carbocycles. The van der Waals surface area contributed by atoms with Gasteiger partial charge in [-0.3, -0.25) is 4.79 Å². The Morgan fingerprint density at radius 1 is 0.976 bits per heavy atom. The van der Waals surface area contributed by atoms with Crippen LogP contribution in [0.4, 0.5) is 43.8 Å². The normalized spacial score (nSPS) is 17.6. The van der Waals surface area contributed by atoms with Gasteiger partial charge in [0.2, 0.25) is 0 Å². The number of hydrogen-bond acceptors (Lipinski definition) is 5. The number of anilines is 3. The molecule has 2 fully saturated rings. The molecule has 12 heteroatoms. The monoisotopic (exact) mass is 589 g/mol. The summed E-state index contributed by atoms with van der Waals surface area (Å²) in [4.78, 5) is 28.5. The van der Waals surface area contributed by atoms with E-state index in [1.54, 1.807) is 24.3 Å². The number of alkyl halides is 3. The summed E-state index contributed by atoms with van der Waals surface area (Å²) >= 11 is 0. The van der Waals surface area contributed by atoms with Crippen LogP contribution >= 0.6 is 0 Å². The van der Waals surface area contributed by atoms with E-state index in [-0.39, 0.29) is 12.6 Å². The van der Waals surface area contributed by atoms with Gasteiger partial charge in [-0.1, -0.05) is 6.07 Å². The van der Waals surface area contributed by atoms with E-state index in [0.29, 0.717) is 52.9 Å². The molecule has 5 rings (SSSR count). The lowest BCUT2D eigenvalue weighted by molar-refractivity contribution is -0.140. The molecule has 0 atom stereocenters. The zero-order chi connectivity index (χ0) is 30.2. The van der Waals surface area contributed by atoms with Crippen LogP contribution in [0.25, 0.3) is 0 Å². The molecule has 1 N–H and O–H groups in total. The second kappa shape index (κ2) is 11.2. The summed E-state index contributed by atoms with van der Waals surface area (Å²) in [6, 6.07) is 12.0. The average Bonchev–Trinajstić information content (AvgIpc) is 3.10. The smallest absolute Gasteiger partial charge is 0.419 e. The van der Waals surface area contributed by atoms with Gasteiger partial charge >= 0.3 is 12.2 Å². The largest absolute Gasteiger partial charge is 0.490 e. The van der Waals surface area contributed by atoms with Gasteiger partial charge in [0.15, 0.2) is 0 Å². The maximum atomic E-state index is 14.3. The van der Waals surface area contributed by atoms with Gasteiger partial charge in [-0.2, -0.15) is 13.2 Å². The molecule has 0 bridgehead atoms. The maximum Gasteiger partial charge on any atom is 0.419 e. The molecular weight excluding hydrogens is 561 g/mol. The van der Waals surface area contributed by atoms with Crippen molar-refractivity contribution in [1.29, 1.82) is 0 Å². The lowest BCUT2D eigenvalue weighted by Gasteiger charge is -2.28. The molecule has 2 aliphatic rings. The van der Waals surface area contributed by atoms with Gasteiger partial charge < -0.3 is 19.7 Å². The zero-order valence-corrected chi connectivity index (χ0v) is 22.8. The number of benzene rings is 3. The molecule has 7 nitrogen and oxygen atoms in total. The summed E-state index contributed by atoms with van der Waals surface area (Å²) < 4.78 is 79.5. The van der Waals surface area contributed by atoms with Crippen LogP contribution in [0.1, 0.15) is 37.8 Å². The fourth-order valence-corrected chi connectivity index (χ4v) is 4.93. The van der Waals surface area contributed by atoms with Crippen molar-refractivity contribution in [2.75, 3.05) is 23.4 Å². The Morgan fingerprint density at radius 3 is 2.33 bits per heavy atom. The highest BCUT2D eigenvalue weighted by Crippen LogP contribution is 2.38. The molecule has 0 saturated carbocycles. The molecule has 0 radical (unpaired) electrons. The fourth-order valence-electron chi connectivity index (χ4n) is 4.93. The van der Waals surface area contributed by atoms with Crippen LogP contribution in [-0.4, -0.2) is 41.7 Å². The molecule has 0 aliphatic carbocycles. The predicted molar refractivity (Wildman–Crippen MR) is 144 cm³/mol. The lowest BCUT2D eigenvalue weighted by atomic mass is 10.0. The zero-order valence-electron chi connectivity index (χ0n) is 22.8. The second-order valence-corrected chi connectivity index (χ2v) is 10.6. The first-order valence-corrected chi connectivity index (χ1v) is 13.3. The predicted octanol–water partition coefficient (Wildman–Crippen LogP) is 7.03. The Bertz CT molecular complexity index is 1490. The van der Waals surface area contributed by atoms with Crippen LogP contribution in [0.5, 0.6) is 5.75 Å². The van der Waals surface area contributed by atoms with Crippen LogP contribution in [0, 0.1) is 11.6 Å². The SMILES string of the molecule is CC1(C)C(=O)N(c2ccc(F)c(C(F)(F)F)c2)C(=O)N1Cc1ccc(F)cc1Nc1ccc(OC2CCOCC2)cc1. The van der Waals surface area contributed by atoms with Gasteiger partial charge in [0.1, 0.15) is 29.0 Å². The maximum absolute atomic E-state index is 14.3. The van der Waals surface area contributed by atoms with Crippen LogP contribution in [0.15, 0.2) is 60.7 Å². The molecule has 2 heterocycles. The van der Waals surface area contributed by atoms with E-state index in [2.05, 4.69) is 5.32 Å². The third-order valence-corrected chi connectivity index (χ3v) is 7.34. The summed E-state index contributed by atoms with van der Waals surface area (Å²) in [6.07, 6.45) is -3.37. The number of urea groups is 1. The first-order valence-electron chi connectivity index (χ1n) is 13.3. The van der Waals surface area contributed by atoms with Gasteiger partial charge in [-0.15, -0.1) is 0 Å². The van der Waals surface area contributed by atoms with E-state index >= 15 is 0 Å². The highest BCUT2D eigenvalue weighted by Gasteiger charge is 2.52. The van der Waals surface area contributed by atoms with Crippen molar-refractivity contribution >= 4 is 29.0 Å². The number of halogens is 5. The third-order valence-electron chi connectivity index (χ3n) is 7.34. The minimum Gasteiger partial charge on any atom is -0.490 e. The molecule has 2 saturated heterocycles. The van der Waals surface area contributed by atoms with E-state index in [9.17, 15) is 31.5 Å². The Balaban J connectivity index is 1.37. The van der Waals surface area contributed by atoms with Crippen molar-refractivity contribution in [3.8, 4) is 5.75 Å². The second-order valence-electron chi connectivity index (χ2n) is 10.6. The number of nitrogens with one attached hydrogen (secondary N) is 1. The molecule has 0 unspecified atom stereocenters. The van der Waals surface area contributed by atoms with Gasteiger partial charge in [0.05, 0.1) is 31.0 Å². The van der Waals surface area contributed by atoms with Gasteiger partial charge in [0, 0.05) is 24.2 Å². The van der Waals surface area contributed by atoms with Crippen LogP contribution in [0.2, 0.25) is 0 Å². The number of nitrogens with zero attached hydrogens (tertiary/aromatic N) is 2. The standard InChI is InChI=1S/C30H28F5N3O4/c1-29(2)27(39)38(21-7-10-25(32)24(16-21)30(33,34)35)28(40)37(29)17-18-3-4-19(31)15-26(18)36-20-5-8-22(9-6-20)42-23-11-13-41-14-12-23/h3-10,15-16,23,36H,11-14,17H2,1-2H3. The van der Waals surface area contributed by atoms with Crippen LogP contribution in [-0.2, 0) is 22.3 Å². The number of ether oxygens (including phenoxy) is 2. The Morgan fingerprint density at radius 2 is 1.67 bits per heavy atom. The lowest BCUT2D eigenvalue weighted by Crippen LogP contribution is -2.43. The van der Waals surface area contributed by atoms with Crippen molar-refractivity contribution in [2.24, 2.45) is 0 Å². The minimum atomic E-state index is -5.02. The number of carbonyl (C=O) groups is 2. The van der Waals surface area contributed by atoms with Crippen molar-refractivity contribution in [3.63, 3.8) is 0 Å². The number of amides is 3. The average molecular weight is 590 g/mol. The molecule has 3 aromatic rings. The molecule has 222 valence electrons. The summed E-state index contributed by atoms with van der Waals surface area (Å²) in [7, 11) is 0. The Labute approximate surface area is 238 Å². The highest BCUT2D eigenvalue weighted by atomic mass is 19.4. The van der Waals surface area contributed by atoms with Gasteiger partial charge in [-0.25, -0.2) is 18.5 Å². The van der Waals surface area contributed by atoms with Crippen molar-refractivity contribution in [1.82, 2.24) is 4.90 Å². The van der Waals surface area contributed by atoms with E-state index in [1.807, 2.05) is 0 Å². The molecule has 0 spiro atoms. The van der Waals surface area contributed by atoms with Crippen LogP contribution in [0.3, 0.4) is 0 Å². The summed E-state index contributed by atoms with van der Waals surface area (Å²) in [5.74, 6) is -2.18. The summed E-state index contributed by atoms with van der Waals surface area (Å²) in [6.45, 7) is 4.02. The van der Waals surface area contributed by atoms with Crippen molar-refractivity contribution < 1.29 is 41.0 Å². The molecule has 0 aromatic heterocycles. The Kier molecular flexibility index (Phi) is 7.84. The van der Waals surface area contributed by atoms with Crippen LogP contribution < -0.4 is 15.0 Å². The molecule has 2 aliphatic heterocycles. The number of hydrogen-bond donors (Lipinski definition) is 1. The van der Waals surface area contributed by atoms with E-state index in [1.165, 1.54) is 36.9 Å². The minimum absolute atomic E-state index is 0.0611. The topological polar surface area (TPSA) is 71.1 Å². The Hall–Kier alpha value is -4.19. The van der Waals surface area contributed by atoms with E-state index in [0.717, 1.165) is 18.9 Å². The molecular formula is C30H28F5N3O4. The molecule has 42 heavy (non-hydrogen) atoms. The summed E-state index contributed by atoms with van der Waals surface area (Å²) in [5, 5.41) is 3.13.